The van der Waals surface area contributed by atoms with Gasteiger partial charge in [-0.05, 0) is 29.3 Å². The van der Waals surface area contributed by atoms with Crippen LogP contribution in [0.1, 0.15) is 22.7 Å². The molecule has 7 heteroatoms. The van der Waals surface area contributed by atoms with Gasteiger partial charge in [0.15, 0.2) is 0 Å². The highest BCUT2D eigenvalue weighted by Crippen LogP contribution is 2.31. The van der Waals surface area contributed by atoms with E-state index in [1.807, 2.05) is 6.07 Å². The summed E-state index contributed by atoms with van der Waals surface area (Å²) in [5, 5.41) is 7.72. The largest absolute Gasteiger partial charge is 0.416 e. The fourth-order valence-corrected chi connectivity index (χ4v) is 2.25. The number of aromatic nitrogens is 4. The molecular formula is C15H11F3N4. The maximum atomic E-state index is 12.7. The highest BCUT2D eigenvalue weighted by atomic mass is 19.4. The molecule has 0 spiro atoms. The van der Waals surface area contributed by atoms with Crippen molar-refractivity contribution in [3.63, 3.8) is 0 Å². The fraction of sp³-hybridized carbons (Fsp3) is 0.133. The Morgan fingerprint density at radius 1 is 0.955 bits per heavy atom. The van der Waals surface area contributed by atoms with Crippen molar-refractivity contribution in [3.05, 3.63) is 77.9 Å². The van der Waals surface area contributed by atoms with Crippen molar-refractivity contribution in [1.29, 1.82) is 0 Å². The van der Waals surface area contributed by atoms with Crippen LogP contribution in [0.25, 0.3) is 0 Å². The summed E-state index contributed by atoms with van der Waals surface area (Å²) in [6.45, 7) is 0. The number of hydrogen-bond acceptors (Lipinski definition) is 3. The topological polar surface area (TPSA) is 43.6 Å². The Hall–Kier alpha value is -2.70. The van der Waals surface area contributed by atoms with Gasteiger partial charge in [-0.25, -0.2) is 4.68 Å². The number of rotatable bonds is 3. The van der Waals surface area contributed by atoms with E-state index in [1.165, 1.54) is 18.3 Å². The van der Waals surface area contributed by atoms with Crippen LogP contribution in [0.15, 0.2) is 61.2 Å². The van der Waals surface area contributed by atoms with Gasteiger partial charge in [-0.3, -0.25) is 4.98 Å². The summed E-state index contributed by atoms with van der Waals surface area (Å²) in [5.41, 5.74) is 0.805. The molecule has 2 aromatic heterocycles. The van der Waals surface area contributed by atoms with Crippen molar-refractivity contribution < 1.29 is 13.2 Å². The van der Waals surface area contributed by atoms with E-state index in [9.17, 15) is 13.2 Å². The molecule has 3 rings (SSSR count). The molecule has 112 valence electrons. The van der Waals surface area contributed by atoms with Gasteiger partial charge in [-0.15, -0.1) is 5.10 Å². The summed E-state index contributed by atoms with van der Waals surface area (Å²) >= 11 is 0. The lowest BCUT2D eigenvalue weighted by molar-refractivity contribution is -0.137. The Bertz CT molecular complexity index is 722. The zero-order valence-electron chi connectivity index (χ0n) is 11.3. The minimum Gasteiger partial charge on any atom is -0.264 e. The van der Waals surface area contributed by atoms with Crippen molar-refractivity contribution >= 4 is 0 Å². The summed E-state index contributed by atoms with van der Waals surface area (Å²) < 4.78 is 39.6. The van der Waals surface area contributed by atoms with E-state index in [1.54, 1.807) is 29.3 Å². The first-order valence-corrected chi connectivity index (χ1v) is 6.48. The van der Waals surface area contributed by atoms with Gasteiger partial charge in [0.05, 0.1) is 11.8 Å². The Labute approximate surface area is 124 Å². The van der Waals surface area contributed by atoms with Crippen molar-refractivity contribution in [2.75, 3.05) is 0 Å². The molecule has 0 bridgehead atoms. The van der Waals surface area contributed by atoms with Crippen LogP contribution in [0.4, 0.5) is 13.2 Å². The molecule has 0 fully saturated rings. The standard InChI is InChI=1S/C15H11F3N4/c16-15(17,18)13-5-3-11(4-6-13)14(22-9-8-20-21-22)12-2-1-7-19-10-12/h1-10,14H. The molecule has 0 aliphatic rings. The highest BCUT2D eigenvalue weighted by molar-refractivity contribution is 5.33. The molecule has 1 atom stereocenters. The monoisotopic (exact) mass is 304 g/mol. The van der Waals surface area contributed by atoms with Gasteiger partial charge in [0.2, 0.25) is 0 Å². The smallest absolute Gasteiger partial charge is 0.264 e. The van der Waals surface area contributed by atoms with E-state index in [-0.39, 0.29) is 6.04 Å². The third kappa shape index (κ3) is 2.83. The molecule has 22 heavy (non-hydrogen) atoms. The SMILES string of the molecule is FC(F)(F)c1ccc(C(c2cccnc2)n2ccnn2)cc1. The van der Waals surface area contributed by atoms with Crippen molar-refractivity contribution in [2.45, 2.75) is 12.2 Å². The van der Waals surface area contributed by atoms with Gasteiger partial charge in [-0.2, -0.15) is 13.2 Å². The molecule has 0 N–H and O–H groups in total. The Kier molecular flexibility index (Phi) is 3.62. The summed E-state index contributed by atoms with van der Waals surface area (Å²) in [6, 6.07) is 8.26. The van der Waals surface area contributed by atoms with E-state index in [2.05, 4.69) is 15.3 Å². The minimum atomic E-state index is -4.35. The number of hydrogen-bond donors (Lipinski definition) is 0. The van der Waals surface area contributed by atoms with Crippen LogP contribution >= 0.6 is 0 Å². The minimum absolute atomic E-state index is 0.376. The molecule has 1 unspecified atom stereocenters. The van der Waals surface area contributed by atoms with E-state index in [0.29, 0.717) is 5.56 Å². The molecule has 0 aliphatic carbocycles. The number of benzene rings is 1. The predicted octanol–water partition coefficient (Wildman–Crippen LogP) is 3.33. The van der Waals surface area contributed by atoms with E-state index in [0.717, 1.165) is 17.7 Å². The number of alkyl halides is 3. The highest BCUT2D eigenvalue weighted by Gasteiger charge is 2.30. The van der Waals surface area contributed by atoms with Crippen LogP contribution in [0.3, 0.4) is 0 Å². The zero-order valence-corrected chi connectivity index (χ0v) is 11.3. The van der Waals surface area contributed by atoms with E-state index < -0.39 is 11.7 Å². The average molecular weight is 304 g/mol. The molecule has 0 aliphatic heterocycles. The molecule has 0 amide bonds. The molecule has 0 saturated carbocycles. The second-order valence-corrected chi connectivity index (χ2v) is 4.69. The van der Waals surface area contributed by atoms with E-state index >= 15 is 0 Å². The normalized spacial score (nSPS) is 13.0. The van der Waals surface area contributed by atoms with Crippen LogP contribution in [0.5, 0.6) is 0 Å². The van der Waals surface area contributed by atoms with Crippen molar-refractivity contribution in [3.8, 4) is 0 Å². The molecule has 4 nitrogen and oxygen atoms in total. The summed E-state index contributed by atoms with van der Waals surface area (Å²) in [5.74, 6) is 0. The number of pyridine rings is 1. The molecule has 0 saturated heterocycles. The van der Waals surface area contributed by atoms with Gasteiger partial charge in [-0.1, -0.05) is 23.4 Å². The van der Waals surface area contributed by atoms with Gasteiger partial charge in [0.25, 0.3) is 0 Å². The number of nitrogens with zero attached hydrogens (tertiary/aromatic N) is 4. The van der Waals surface area contributed by atoms with Crippen LogP contribution in [-0.4, -0.2) is 20.0 Å². The van der Waals surface area contributed by atoms with Crippen LogP contribution in [0, 0.1) is 0 Å². The Morgan fingerprint density at radius 2 is 1.73 bits per heavy atom. The maximum Gasteiger partial charge on any atom is 0.416 e. The number of halogens is 3. The predicted molar refractivity (Wildman–Crippen MR) is 72.9 cm³/mol. The van der Waals surface area contributed by atoms with E-state index in [4.69, 9.17) is 0 Å². The Balaban J connectivity index is 2.04. The first-order valence-electron chi connectivity index (χ1n) is 6.48. The first kappa shape index (κ1) is 14.2. The summed E-state index contributed by atoms with van der Waals surface area (Å²) in [7, 11) is 0. The second-order valence-electron chi connectivity index (χ2n) is 4.69. The molecular weight excluding hydrogens is 293 g/mol. The summed E-state index contributed by atoms with van der Waals surface area (Å²) in [6.07, 6.45) is 2.12. The lowest BCUT2D eigenvalue weighted by Gasteiger charge is -2.18. The lowest BCUT2D eigenvalue weighted by Crippen LogP contribution is -2.14. The van der Waals surface area contributed by atoms with Crippen molar-refractivity contribution in [1.82, 2.24) is 20.0 Å². The molecule has 3 aromatic rings. The average Bonchev–Trinajstić information content (AvgIpc) is 3.02. The van der Waals surface area contributed by atoms with Crippen molar-refractivity contribution in [2.24, 2.45) is 0 Å². The lowest BCUT2D eigenvalue weighted by atomic mass is 9.99. The molecule has 2 heterocycles. The van der Waals surface area contributed by atoms with Crippen LogP contribution in [-0.2, 0) is 6.18 Å². The van der Waals surface area contributed by atoms with Gasteiger partial charge >= 0.3 is 6.18 Å². The molecule has 1 aromatic carbocycles. The van der Waals surface area contributed by atoms with Gasteiger partial charge < -0.3 is 0 Å². The van der Waals surface area contributed by atoms with Crippen LogP contribution in [0.2, 0.25) is 0 Å². The third-order valence-corrected chi connectivity index (χ3v) is 3.26. The maximum absolute atomic E-state index is 12.7. The van der Waals surface area contributed by atoms with Gasteiger partial charge in [0, 0.05) is 18.6 Å². The first-order chi connectivity index (χ1) is 10.6. The van der Waals surface area contributed by atoms with Gasteiger partial charge in [0.1, 0.15) is 6.04 Å². The zero-order chi connectivity index (χ0) is 15.6. The molecule has 0 radical (unpaired) electrons. The quantitative estimate of drug-likeness (QED) is 0.745. The fourth-order valence-electron chi connectivity index (χ4n) is 2.25. The summed E-state index contributed by atoms with van der Waals surface area (Å²) in [4.78, 5) is 4.06. The Morgan fingerprint density at radius 3 is 2.27 bits per heavy atom. The second kappa shape index (κ2) is 5.59. The van der Waals surface area contributed by atoms with Crippen LogP contribution < -0.4 is 0 Å². The third-order valence-electron chi connectivity index (χ3n) is 3.26.